The highest BCUT2D eigenvalue weighted by molar-refractivity contribution is 7.13. The van der Waals surface area contributed by atoms with Gasteiger partial charge in [0.05, 0.1) is 18.7 Å². The number of nitrogens with one attached hydrogen (secondary N) is 2. The average molecular weight is 505 g/mol. The quantitative estimate of drug-likeness (QED) is 0.566. The first-order chi connectivity index (χ1) is 17.6. The number of carbonyl (C=O) groups is 3. The zero-order chi connectivity index (χ0) is 25.2. The van der Waals surface area contributed by atoms with Crippen LogP contribution < -0.4 is 10.6 Å². The smallest absolute Gasteiger partial charge is 0.239 e. The molecule has 0 spiro atoms. The summed E-state index contributed by atoms with van der Waals surface area (Å²) in [4.78, 5) is 44.4. The van der Waals surface area contributed by atoms with Crippen LogP contribution in [0.3, 0.4) is 0 Å². The lowest BCUT2D eigenvalue weighted by atomic mass is 9.91. The summed E-state index contributed by atoms with van der Waals surface area (Å²) < 4.78 is 0. The molecule has 2 N–H and O–H groups in total. The maximum atomic E-state index is 13.1. The fourth-order valence-corrected chi connectivity index (χ4v) is 5.20. The maximum absolute atomic E-state index is 13.1. The molecule has 2 heterocycles. The van der Waals surface area contributed by atoms with Crippen LogP contribution in [-0.2, 0) is 20.8 Å². The van der Waals surface area contributed by atoms with E-state index in [-0.39, 0.29) is 36.6 Å². The number of thiazole rings is 1. The first kappa shape index (κ1) is 25.6. The molecule has 8 heteroatoms. The molecule has 1 aromatic heterocycles. The number of hydrogen-bond donors (Lipinski definition) is 2. The van der Waals surface area contributed by atoms with Gasteiger partial charge in [0.1, 0.15) is 5.01 Å². The molecule has 0 aliphatic carbocycles. The van der Waals surface area contributed by atoms with Crippen molar-refractivity contribution in [3.63, 3.8) is 0 Å². The Kier molecular flexibility index (Phi) is 9.21. The van der Waals surface area contributed by atoms with Crippen molar-refractivity contribution in [1.29, 1.82) is 0 Å². The molecule has 3 amide bonds. The third-order valence-corrected chi connectivity index (χ3v) is 7.26. The zero-order valence-corrected chi connectivity index (χ0v) is 21.1. The zero-order valence-electron chi connectivity index (χ0n) is 20.3. The third-order valence-electron chi connectivity index (χ3n) is 6.32. The molecule has 1 fully saturated rings. The standard InChI is InChI=1S/C28H32N4O3S/c33-25-13-12-22(21-8-3-1-4-9-21)14-16-30-26(34)19-32(17-7-15-29-25)27(35)18-24-20-36-28(31-24)23-10-5-2-6-11-23/h1-6,8-11,20,22H,7,12-19H2,(H,29,33)(H,30,34). The van der Waals surface area contributed by atoms with Crippen LogP contribution in [-0.4, -0.2) is 53.8 Å². The lowest BCUT2D eigenvalue weighted by molar-refractivity contribution is -0.135. The molecule has 1 aliphatic rings. The van der Waals surface area contributed by atoms with E-state index in [0.29, 0.717) is 38.2 Å². The summed E-state index contributed by atoms with van der Waals surface area (Å²) in [5.41, 5.74) is 2.88. The molecule has 36 heavy (non-hydrogen) atoms. The number of hydrogen-bond acceptors (Lipinski definition) is 5. The van der Waals surface area contributed by atoms with E-state index in [1.54, 1.807) is 4.90 Å². The van der Waals surface area contributed by atoms with Crippen molar-refractivity contribution in [1.82, 2.24) is 20.5 Å². The number of benzene rings is 2. The van der Waals surface area contributed by atoms with Crippen molar-refractivity contribution in [3.8, 4) is 10.6 Å². The van der Waals surface area contributed by atoms with Crippen LogP contribution in [0.25, 0.3) is 10.6 Å². The van der Waals surface area contributed by atoms with Crippen molar-refractivity contribution in [3.05, 3.63) is 77.3 Å². The summed E-state index contributed by atoms with van der Waals surface area (Å²) in [6.45, 7) is 1.36. The second-order valence-corrected chi connectivity index (χ2v) is 9.85. The highest BCUT2D eigenvalue weighted by Crippen LogP contribution is 2.25. The summed E-state index contributed by atoms with van der Waals surface area (Å²) in [6.07, 6.45) is 2.62. The molecule has 1 saturated heterocycles. The minimum atomic E-state index is -0.167. The number of amides is 3. The summed E-state index contributed by atoms with van der Waals surface area (Å²) in [5, 5.41) is 8.70. The Morgan fingerprint density at radius 3 is 2.44 bits per heavy atom. The number of rotatable bonds is 4. The van der Waals surface area contributed by atoms with Crippen LogP contribution >= 0.6 is 11.3 Å². The number of aromatic nitrogens is 1. The fraction of sp³-hybridized carbons (Fsp3) is 0.357. The highest BCUT2D eigenvalue weighted by atomic mass is 32.1. The Morgan fingerprint density at radius 1 is 0.944 bits per heavy atom. The fourth-order valence-electron chi connectivity index (χ4n) is 4.37. The predicted molar refractivity (Wildman–Crippen MR) is 142 cm³/mol. The summed E-state index contributed by atoms with van der Waals surface area (Å²) in [6, 6.07) is 20.0. The first-order valence-corrected chi connectivity index (χ1v) is 13.3. The van der Waals surface area contributed by atoms with Crippen LogP contribution in [0.5, 0.6) is 0 Å². The van der Waals surface area contributed by atoms with E-state index in [2.05, 4.69) is 27.8 Å². The minimum Gasteiger partial charge on any atom is -0.356 e. The largest absolute Gasteiger partial charge is 0.356 e. The van der Waals surface area contributed by atoms with Gasteiger partial charge in [-0.05, 0) is 30.7 Å². The van der Waals surface area contributed by atoms with Crippen molar-refractivity contribution < 1.29 is 14.4 Å². The summed E-state index contributed by atoms with van der Waals surface area (Å²) in [5.74, 6) is -0.109. The molecule has 0 radical (unpaired) electrons. The molecule has 2 aromatic carbocycles. The molecule has 1 aliphatic heterocycles. The average Bonchev–Trinajstić information content (AvgIpc) is 3.37. The monoisotopic (exact) mass is 504 g/mol. The molecule has 7 nitrogen and oxygen atoms in total. The molecule has 4 rings (SSSR count). The Labute approximate surface area is 215 Å². The predicted octanol–water partition coefficient (Wildman–Crippen LogP) is 3.77. The van der Waals surface area contributed by atoms with Gasteiger partial charge in [-0.1, -0.05) is 60.7 Å². The van der Waals surface area contributed by atoms with E-state index in [4.69, 9.17) is 0 Å². The molecule has 0 bridgehead atoms. The maximum Gasteiger partial charge on any atom is 0.239 e. The van der Waals surface area contributed by atoms with Gasteiger partial charge >= 0.3 is 0 Å². The van der Waals surface area contributed by atoms with Gasteiger partial charge in [-0.3, -0.25) is 14.4 Å². The van der Waals surface area contributed by atoms with Gasteiger partial charge < -0.3 is 15.5 Å². The Morgan fingerprint density at radius 2 is 1.67 bits per heavy atom. The topological polar surface area (TPSA) is 91.4 Å². The van der Waals surface area contributed by atoms with E-state index >= 15 is 0 Å². The molecule has 0 saturated carbocycles. The Bertz CT molecular complexity index is 1150. The normalized spacial score (nSPS) is 18.1. The van der Waals surface area contributed by atoms with Gasteiger partial charge in [0.25, 0.3) is 0 Å². The SMILES string of the molecule is O=C1CCC(c2ccccc2)CCNC(=O)CN(C(=O)Cc2csc(-c3ccccc3)n2)CCCN1. The summed E-state index contributed by atoms with van der Waals surface area (Å²) in [7, 11) is 0. The van der Waals surface area contributed by atoms with Gasteiger partial charge in [-0.2, -0.15) is 0 Å². The molecule has 3 aromatic rings. The Hall–Kier alpha value is -3.52. The van der Waals surface area contributed by atoms with Crippen molar-refractivity contribution >= 4 is 29.1 Å². The van der Waals surface area contributed by atoms with Gasteiger partial charge in [0.15, 0.2) is 0 Å². The van der Waals surface area contributed by atoms with Crippen molar-refractivity contribution in [2.75, 3.05) is 26.2 Å². The second-order valence-electron chi connectivity index (χ2n) is 8.99. The summed E-state index contributed by atoms with van der Waals surface area (Å²) >= 11 is 1.50. The third kappa shape index (κ3) is 7.49. The Balaban J connectivity index is 1.39. The van der Waals surface area contributed by atoms with E-state index < -0.39 is 0 Å². The first-order valence-electron chi connectivity index (χ1n) is 12.4. The van der Waals surface area contributed by atoms with Gasteiger partial charge in [-0.15, -0.1) is 11.3 Å². The van der Waals surface area contributed by atoms with Crippen molar-refractivity contribution in [2.45, 2.75) is 38.0 Å². The van der Waals surface area contributed by atoms with Gasteiger partial charge in [-0.25, -0.2) is 4.98 Å². The highest BCUT2D eigenvalue weighted by Gasteiger charge is 2.20. The lowest BCUT2D eigenvalue weighted by Crippen LogP contribution is -2.43. The van der Waals surface area contributed by atoms with Crippen molar-refractivity contribution in [2.24, 2.45) is 0 Å². The molecule has 1 unspecified atom stereocenters. The van der Waals surface area contributed by atoms with Crippen LogP contribution in [0.4, 0.5) is 0 Å². The molecule has 188 valence electrons. The lowest BCUT2D eigenvalue weighted by Gasteiger charge is -2.23. The van der Waals surface area contributed by atoms with Crippen LogP contribution in [0.2, 0.25) is 0 Å². The molecular formula is C28H32N4O3S. The minimum absolute atomic E-state index is 0.00152. The number of carbonyl (C=O) groups excluding carboxylic acids is 3. The van der Waals surface area contributed by atoms with Gasteiger partial charge in [0, 0.05) is 37.0 Å². The van der Waals surface area contributed by atoms with E-state index in [9.17, 15) is 14.4 Å². The second kappa shape index (κ2) is 13.0. The van der Waals surface area contributed by atoms with E-state index in [0.717, 1.165) is 23.4 Å². The van der Waals surface area contributed by atoms with Crippen LogP contribution in [0, 0.1) is 0 Å². The van der Waals surface area contributed by atoms with Gasteiger partial charge in [0.2, 0.25) is 17.7 Å². The van der Waals surface area contributed by atoms with E-state index in [1.165, 1.54) is 16.9 Å². The number of nitrogens with zero attached hydrogens (tertiary/aromatic N) is 2. The molecule has 1 atom stereocenters. The van der Waals surface area contributed by atoms with Crippen LogP contribution in [0.1, 0.15) is 42.9 Å². The van der Waals surface area contributed by atoms with E-state index in [1.807, 2.05) is 53.9 Å². The molecular weight excluding hydrogens is 472 g/mol. The van der Waals surface area contributed by atoms with Crippen LogP contribution in [0.15, 0.2) is 66.0 Å².